The molecule has 0 bridgehead atoms. The number of aromatic hydroxyl groups is 1. The van der Waals surface area contributed by atoms with Crippen LogP contribution in [0.1, 0.15) is 5.56 Å². The fourth-order valence-electron chi connectivity index (χ4n) is 1.67. The minimum atomic E-state index is 0. The van der Waals surface area contributed by atoms with Gasteiger partial charge in [-0.1, -0.05) is 12.1 Å². The van der Waals surface area contributed by atoms with E-state index in [-0.39, 0.29) is 29.7 Å². The van der Waals surface area contributed by atoms with Gasteiger partial charge in [-0.05, 0) is 17.7 Å². The van der Waals surface area contributed by atoms with E-state index in [9.17, 15) is 0 Å². The van der Waals surface area contributed by atoms with Gasteiger partial charge in [0.05, 0.1) is 19.8 Å². The Kier molecular flexibility index (Phi) is 6.20. The van der Waals surface area contributed by atoms with Crippen molar-refractivity contribution in [1.82, 2.24) is 4.90 Å². The molecule has 1 aliphatic heterocycles. The lowest BCUT2D eigenvalue weighted by molar-refractivity contribution is 0.0674. The van der Waals surface area contributed by atoms with Crippen LogP contribution in [0.3, 0.4) is 0 Å². The van der Waals surface area contributed by atoms with E-state index in [4.69, 9.17) is 15.6 Å². The second kappa shape index (κ2) is 7.42. The van der Waals surface area contributed by atoms with Crippen LogP contribution in [0.25, 0.3) is 0 Å². The summed E-state index contributed by atoms with van der Waals surface area (Å²) < 4.78 is 5.25. The molecule has 0 amide bonds. The lowest BCUT2D eigenvalue weighted by Gasteiger charge is -2.27. The Hall–Kier alpha value is -1.02. The molecule has 0 atom stereocenters. The third kappa shape index (κ3) is 4.34. The number of ether oxygens (including phenoxy) is 1. The molecule has 1 aromatic rings. The van der Waals surface area contributed by atoms with Crippen molar-refractivity contribution >= 4 is 29.9 Å². The maximum atomic E-state index is 9.16. The number of phenols is 1. The summed E-state index contributed by atoms with van der Waals surface area (Å²) in [7, 11) is 0. The first kappa shape index (κ1) is 15.0. The molecule has 0 radical (unpaired) electrons. The van der Waals surface area contributed by atoms with Gasteiger partial charge < -0.3 is 20.5 Å². The van der Waals surface area contributed by atoms with Crippen LogP contribution in [0.4, 0.5) is 0 Å². The second-order valence-corrected chi connectivity index (χ2v) is 3.94. The maximum absolute atomic E-state index is 9.16. The van der Waals surface area contributed by atoms with Crippen molar-refractivity contribution in [3.8, 4) is 5.75 Å². The van der Waals surface area contributed by atoms with E-state index in [0.717, 1.165) is 18.7 Å². The molecule has 18 heavy (non-hydrogen) atoms. The van der Waals surface area contributed by atoms with Crippen LogP contribution in [0, 0.1) is 0 Å². The van der Waals surface area contributed by atoms with Gasteiger partial charge in [0.2, 0.25) is 0 Å². The van der Waals surface area contributed by atoms with Gasteiger partial charge in [-0.25, -0.2) is 4.99 Å². The fraction of sp³-hybridized carbons (Fsp3) is 0.417. The quantitative estimate of drug-likeness (QED) is 0.470. The highest BCUT2D eigenvalue weighted by Gasteiger charge is 2.11. The van der Waals surface area contributed by atoms with E-state index >= 15 is 0 Å². The Balaban J connectivity index is 0.00000162. The lowest BCUT2D eigenvalue weighted by Crippen LogP contribution is -2.44. The molecule has 5 nitrogen and oxygen atoms in total. The van der Waals surface area contributed by atoms with Crippen molar-refractivity contribution in [2.24, 2.45) is 10.7 Å². The summed E-state index contributed by atoms with van der Waals surface area (Å²) in [5, 5.41) is 9.16. The van der Waals surface area contributed by atoms with Gasteiger partial charge in [-0.15, -0.1) is 24.0 Å². The van der Waals surface area contributed by atoms with E-state index in [2.05, 4.69) is 4.99 Å². The molecule has 0 aliphatic carbocycles. The lowest BCUT2D eigenvalue weighted by atomic mass is 10.2. The Bertz CT molecular complexity index is 389. The zero-order valence-corrected chi connectivity index (χ0v) is 12.4. The molecule has 0 unspecified atom stereocenters. The number of morpholine rings is 1. The minimum Gasteiger partial charge on any atom is -0.508 e. The number of guanidine groups is 1. The summed E-state index contributed by atoms with van der Waals surface area (Å²) in [5.74, 6) is 0.820. The molecule has 0 saturated carbocycles. The third-order valence-electron chi connectivity index (χ3n) is 2.70. The number of benzene rings is 1. The van der Waals surface area contributed by atoms with Crippen LogP contribution < -0.4 is 5.73 Å². The smallest absolute Gasteiger partial charge is 0.191 e. The minimum absolute atomic E-state index is 0. The van der Waals surface area contributed by atoms with E-state index in [1.54, 1.807) is 12.1 Å². The largest absolute Gasteiger partial charge is 0.508 e. The number of hydrogen-bond acceptors (Lipinski definition) is 3. The van der Waals surface area contributed by atoms with Crippen molar-refractivity contribution < 1.29 is 9.84 Å². The molecule has 1 fully saturated rings. The predicted molar refractivity (Wildman–Crippen MR) is 81.2 cm³/mol. The van der Waals surface area contributed by atoms with Crippen LogP contribution >= 0.6 is 24.0 Å². The van der Waals surface area contributed by atoms with Gasteiger partial charge in [0.15, 0.2) is 5.96 Å². The highest BCUT2D eigenvalue weighted by molar-refractivity contribution is 14.0. The van der Waals surface area contributed by atoms with Gasteiger partial charge >= 0.3 is 0 Å². The maximum Gasteiger partial charge on any atom is 0.191 e. The summed E-state index contributed by atoms with van der Waals surface area (Å²) in [6.45, 7) is 3.53. The summed E-state index contributed by atoms with van der Waals surface area (Å²) >= 11 is 0. The molecule has 1 aliphatic rings. The zero-order valence-electron chi connectivity index (χ0n) is 10.1. The molecule has 1 aromatic carbocycles. The van der Waals surface area contributed by atoms with Crippen LogP contribution in [-0.4, -0.2) is 42.3 Å². The van der Waals surface area contributed by atoms with E-state index in [1.165, 1.54) is 0 Å². The van der Waals surface area contributed by atoms with Crippen molar-refractivity contribution in [3.05, 3.63) is 29.8 Å². The topological polar surface area (TPSA) is 71.1 Å². The SMILES string of the molecule is I.NC(=NCc1ccc(O)cc1)N1CCOCC1. The molecule has 1 heterocycles. The van der Waals surface area contributed by atoms with Crippen molar-refractivity contribution in [2.75, 3.05) is 26.3 Å². The predicted octanol–water partition coefficient (Wildman–Crippen LogP) is 1.16. The van der Waals surface area contributed by atoms with E-state index in [0.29, 0.717) is 25.7 Å². The monoisotopic (exact) mass is 363 g/mol. The molecular formula is C12H18IN3O2. The number of rotatable bonds is 2. The summed E-state index contributed by atoms with van der Waals surface area (Å²) in [6, 6.07) is 6.97. The number of hydrogen-bond donors (Lipinski definition) is 2. The highest BCUT2D eigenvalue weighted by Crippen LogP contribution is 2.10. The number of phenolic OH excluding ortho intramolecular Hbond substituents is 1. The molecule has 0 spiro atoms. The number of nitrogens with two attached hydrogens (primary N) is 1. The van der Waals surface area contributed by atoms with Crippen LogP contribution in [-0.2, 0) is 11.3 Å². The third-order valence-corrected chi connectivity index (χ3v) is 2.70. The van der Waals surface area contributed by atoms with Crippen LogP contribution in [0.5, 0.6) is 5.75 Å². The average molecular weight is 363 g/mol. The van der Waals surface area contributed by atoms with E-state index in [1.807, 2.05) is 17.0 Å². The number of halogens is 1. The van der Waals surface area contributed by atoms with Crippen molar-refractivity contribution in [1.29, 1.82) is 0 Å². The first-order chi connectivity index (χ1) is 8.25. The number of aliphatic imine (C=N–C) groups is 1. The summed E-state index contributed by atoms with van der Waals surface area (Å²) in [4.78, 5) is 6.35. The summed E-state index contributed by atoms with van der Waals surface area (Å²) in [6.07, 6.45) is 0. The zero-order chi connectivity index (χ0) is 12.1. The Morgan fingerprint density at radius 2 is 1.89 bits per heavy atom. The van der Waals surface area contributed by atoms with Crippen molar-refractivity contribution in [2.45, 2.75) is 6.54 Å². The standard InChI is InChI=1S/C12H17N3O2.HI/c13-12(15-5-7-17-8-6-15)14-9-10-1-3-11(16)4-2-10;/h1-4,16H,5-9H2,(H2,13,14);1H. The molecule has 100 valence electrons. The van der Waals surface area contributed by atoms with Crippen molar-refractivity contribution in [3.63, 3.8) is 0 Å². The average Bonchev–Trinajstić information content (AvgIpc) is 2.39. The molecule has 2 rings (SSSR count). The normalized spacial score (nSPS) is 16.2. The molecule has 0 aromatic heterocycles. The number of nitrogens with zero attached hydrogens (tertiary/aromatic N) is 2. The second-order valence-electron chi connectivity index (χ2n) is 3.94. The van der Waals surface area contributed by atoms with E-state index < -0.39 is 0 Å². The Labute approximate surface area is 124 Å². The fourth-order valence-corrected chi connectivity index (χ4v) is 1.67. The summed E-state index contributed by atoms with van der Waals surface area (Å²) in [5.41, 5.74) is 6.92. The van der Waals surface area contributed by atoms with Gasteiger partial charge in [-0.3, -0.25) is 0 Å². The first-order valence-electron chi connectivity index (χ1n) is 5.66. The molecule has 1 saturated heterocycles. The highest BCUT2D eigenvalue weighted by atomic mass is 127. The molecule has 6 heteroatoms. The molecular weight excluding hydrogens is 345 g/mol. The van der Waals surface area contributed by atoms with Crippen LogP contribution in [0.15, 0.2) is 29.3 Å². The Morgan fingerprint density at radius 3 is 2.50 bits per heavy atom. The Morgan fingerprint density at radius 1 is 1.28 bits per heavy atom. The van der Waals surface area contributed by atoms with Gasteiger partial charge in [0.25, 0.3) is 0 Å². The van der Waals surface area contributed by atoms with Gasteiger partial charge in [0, 0.05) is 13.1 Å². The van der Waals surface area contributed by atoms with Gasteiger partial charge in [-0.2, -0.15) is 0 Å². The molecule has 3 N–H and O–H groups in total. The van der Waals surface area contributed by atoms with Crippen LogP contribution in [0.2, 0.25) is 0 Å². The van der Waals surface area contributed by atoms with Gasteiger partial charge in [0.1, 0.15) is 5.75 Å². The first-order valence-corrected chi connectivity index (χ1v) is 5.66.